The highest BCUT2D eigenvalue weighted by Gasteiger charge is 2.16. The topological polar surface area (TPSA) is 73.6 Å². The van der Waals surface area contributed by atoms with Gasteiger partial charge in [-0.3, -0.25) is 4.79 Å². The number of carbonyl (C=O) groups excluding carboxylic acids is 1. The van der Waals surface area contributed by atoms with Crippen molar-refractivity contribution in [3.05, 3.63) is 69.6 Å². The minimum absolute atomic E-state index is 0.161. The Hall–Kier alpha value is -2.64. The van der Waals surface area contributed by atoms with E-state index in [1.165, 1.54) is 0 Å². The summed E-state index contributed by atoms with van der Waals surface area (Å²) in [5, 5.41) is 7.40. The van der Waals surface area contributed by atoms with Crippen LogP contribution >= 0.6 is 23.4 Å². The second-order valence-electron chi connectivity index (χ2n) is 6.81. The van der Waals surface area contributed by atoms with Crippen LogP contribution in [0, 0.1) is 13.8 Å². The molecule has 0 aliphatic carbocycles. The third kappa shape index (κ3) is 5.54. The highest BCUT2D eigenvalue weighted by Crippen LogP contribution is 2.36. The highest BCUT2D eigenvalue weighted by molar-refractivity contribution is 7.98. The van der Waals surface area contributed by atoms with E-state index >= 15 is 0 Å². The molecule has 8 heteroatoms. The lowest BCUT2D eigenvalue weighted by Crippen LogP contribution is -2.23. The molecule has 0 bridgehead atoms. The largest absolute Gasteiger partial charge is 0.493 e. The molecule has 0 atom stereocenters. The van der Waals surface area contributed by atoms with Crippen LogP contribution in [0.2, 0.25) is 5.02 Å². The van der Waals surface area contributed by atoms with Gasteiger partial charge in [-0.25, -0.2) is 0 Å². The standard InChI is InChI=1S/C23H25ClN2O4S/c1-5-29-22-19(24)10-16(11-20(22)28-4)12-25-23(27)17-8-6-7-9-21(17)31-13-18-14(2)26-30-15(18)3/h6-11H,5,12-13H2,1-4H3,(H,25,27). The fraction of sp³-hybridized carbons (Fsp3) is 0.304. The van der Waals surface area contributed by atoms with Gasteiger partial charge in [0, 0.05) is 22.8 Å². The highest BCUT2D eigenvalue weighted by atomic mass is 35.5. The van der Waals surface area contributed by atoms with E-state index in [4.69, 9.17) is 25.6 Å². The summed E-state index contributed by atoms with van der Waals surface area (Å²) in [6.07, 6.45) is 0. The summed E-state index contributed by atoms with van der Waals surface area (Å²) >= 11 is 7.91. The second-order valence-corrected chi connectivity index (χ2v) is 8.24. The van der Waals surface area contributed by atoms with Gasteiger partial charge in [0.15, 0.2) is 11.5 Å². The van der Waals surface area contributed by atoms with Gasteiger partial charge in [-0.05, 0) is 50.6 Å². The van der Waals surface area contributed by atoms with Crippen LogP contribution in [0.4, 0.5) is 0 Å². The van der Waals surface area contributed by atoms with Crippen molar-refractivity contribution in [2.75, 3.05) is 13.7 Å². The Labute approximate surface area is 191 Å². The predicted octanol–water partition coefficient (Wildman–Crippen LogP) is 5.57. The van der Waals surface area contributed by atoms with E-state index in [1.54, 1.807) is 24.9 Å². The molecule has 1 heterocycles. The molecule has 0 aliphatic heterocycles. The summed E-state index contributed by atoms with van der Waals surface area (Å²) in [5.41, 5.74) is 3.35. The lowest BCUT2D eigenvalue weighted by atomic mass is 10.1. The minimum Gasteiger partial charge on any atom is -0.493 e. The molecule has 3 rings (SSSR count). The number of nitrogens with one attached hydrogen (secondary N) is 1. The number of thioether (sulfide) groups is 1. The molecule has 0 saturated carbocycles. The molecule has 0 fully saturated rings. The molecule has 1 aromatic heterocycles. The van der Waals surface area contributed by atoms with Gasteiger partial charge in [0.05, 0.1) is 30.0 Å². The van der Waals surface area contributed by atoms with Gasteiger partial charge < -0.3 is 19.3 Å². The van der Waals surface area contributed by atoms with Gasteiger partial charge in [-0.1, -0.05) is 28.9 Å². The van der Waals surface area contributed by atoms with E-state index < -0.39 is 0 Å². The summed E-state index contributed by atoms with van der Waals surface area (Å²) in [6.45, 7) is 6.48. The first-order valence-electron chi connectivity index (χ1n) is 9.85. The number of rotatable bonds is 9. The fourth-order valence-corrected chi connectivity index (χ4v) is 4.57. The van der Waals surface area contributed by atoms with E-state index in [9.17, 15) is 4.79 Å². The molecular weight excluding hydrogens is 436 g/mol. The van der Waals surface area contributed by atoms with Crippen molar-refractivity contribution in [2.45, 2.75) is 38.0 Å². The Kier molecular flexibility index (Phi) is 7.87. The smallest absolute Gasteiger partial charge is 0.252 e. The lowest BCUT2D eigenvalue weighted by molar-refractivity contribution is 0.0948. The molecule has 3 aromatic rings. The van der Waals surface area contributed by atoms with Crippen LogP contribution in [-0.4, -0.2) is 24.8 Å². The van der Waals surface area contributed by atoms with Crippen molar-refractivity contribution in [1.82, 2.24) is 10.5 Å². The quantitative estimate of drug-likeness (QED) is 0.420. The SMILES string of the molecule is CCOc1c(Cl)cc(CNC(=O)c2ccccc2SCc2c(C)noc2C)cc1OC. The summed E-state index contributed by atoms with van der Waals surface area (Å²) in [7, 11) is 1.56. The van der Waals surface area contributed by atoms with E-state index in [2.05, 4.69) is 10.5 Å². The molecule has 1 amide bonds. The van der Waals surface area contributed by atoms with Gasteiger partial charge in [0.1, 0.15) is 5.76 Å². The van der Waals surface area contributed by atoms with Crippen molar-refractivity contribution >= 4 is 29.3 Å². The van der Waals surface area contributed by atoms with E-state index in [-0.39, 0.29) is 5.91 Å². The molecular formula is C23H25ClN2O4S. The molecule has 0 radical (unpaired) electrons. The van der Waals surface area contributed by atoms with Crippen LogP contribution in [0.1, 0.15) is 39.9 Å². The van der Waals surface area contributed by atoms with Crippen LogP contribution in [0.15, 0.2) is 45.8 Å². The average molecular weight is 461 g/mol. The van der Waals surface area contributed by atoms with Crippen LogP contribution in [0.3, 0.4) is 0 Å². The molecule has 0 spiro atoms. The maximum Gasteiger partial charge on any atom is 0.252 e. The molecule has 31 heavy (non-hydrogen) atoms. The Morgan fingerprint density at radius 3 is 2.71 bits per heavy atom. The number of aromatic nitrogens is 1. The molecule has 1 N–H and O–H groups in total. The maximum absolute atomic E-state index is 12.9. The first-order valence-corrected chi connectivity index (χ1v) is 11.2. The number of halogens is 1. The first kappa shape index (κ1) is 23.0. The number of aryl methyl sites for hydroxylation is 2. The van der Waals surface area contributed by atoms with Crippen LogP contribution in [0.5, 0.6) is 11.5 Å². The van der Waals surface area contributed by atoms with Crippen molar-refractivity contribution in [3.8, 4) is 11.5 Å². The Morgan fingerprint density at radius 1 is 1.26 bits per heavy atom. The van der Waals surface area contributed by atoms with Crippen molar-refractivity contribution in [3.63, 3.8) is 0 Å². The fourth-order valence-electron chi connectivity index (χ4n) is 3.08. The van der Waals surface area contributed by atoms with E-state index in [1.807, 2.05) is 51.1 Å². The Morgan fingerprint density at radius 2 is 2.03 bits per heavy atom. The molecule has 0 aliphatic rings. The molecule has 2 aromatic carbocycles. The zero-order valence-corrected chi connectivity index (χ0v) is 19.5. The Balaban J connectivity index is 1.71. The number of ether oxygens (including phenoxy) is 2. The number of hydrogen-bond acceptors (Lipinski definition) is 6. The lowest BCUT2D eigenvalue weighted by Gasteiger charge is -2.14. The average Bonchev–Trinajstić information content (AvgIpc) is 3.09. The van der Waals surface area contributed by atoms with Gasteiger partial charge in [0.25, 0.3) is 5.91 Å². The minimum atomic E-state index is -0.161. The van der Waals surface area contributed by atoms with Gasteiger partial charge >= 0.3 is 0 Å². The van der Waals surface area contributed by atoms with Crippen molar-refractivity contribution in [2.24, 2.45) is 0 Å². The van der Waals surface area contributed by atoms with Crippen LogP contribution < -0.4 is 14.8 Å². The van der Waals surface area contributed by atoms with E-state index in [0.717, 1.165) is 27.5 Å². The zero-order chi connectivity index (χ0) is 22.4. The van der Waals surface area contributed by atoms with Crippen molar-refractivity contribution < 1.29 is 18.8 Å². The van der Waals surface area contributed by atoms with Gasteiger partial charge in [-0.15, -0.1) is 11.8 Å². The Bertz CT molecular complexity index is 1050. The monoisotopic (exact) mass is 460 g/mol. The first-order chi connectivity index (χ1) is 14.9. The van der Waals surface area contributed by atoms with Crippen LogP contribution in [-0.2, 0) is 12.3 Å². The normalized spacial score (nSPS) is 10.7. The molecule has 164 valence electrons. The maximum atomic E-state index is 12.9. The third-order valence-corrected chi connectivity index (χ3v) is 6.10. The number of nitrogens with zero attached hydrogens (tertiary/aromatic N) is 1. The summed E-state index contributed by atoms with van der Waals surface area (Å²) in [5.74, 6) is 2.35. The number of carbonyl (C=O) groups is 1. The summed E-state index contributed by atoms with van der Waals surface area (Å²) in [4.78, 5) is 13.8. The molecule has 6 nitrogen and oxygen atoms in total. The number of amides is 1. The van der Waals surface area contributed by atoms with Crippen LogP contribution in [0.25, 0.3) is 0 Å². The number of hydrogen-bond donors (Lipinski definition) is 1. The second kappa shape index (κ2) is 10.6. The number of methoxy groups -OCH3 is 1. The predicted molar refractivity (Wildman–Crippen MR) is 122 cm³/mol. The van der Waals surface area contributed by atoms with Crippen molar-refractivity contribution in [1.29, 1.82) is 0 Å². The summed E-state index contributed by atoms with van der Waals surface area (Å²) < 4.78 is 16.1. The van der Waals surface area contributed by atoms with Gasteiger partial charge in [0.2, 0.25) is 0 Å². The summed E-state index contributed by atoms with van der Waals surface area (Å²) in [6, 6.07) is 11.1. The molecule has 0 saturated heterocycles. The van der Waals surface area contributed by atoms with Gasteiger partial charge in [-0.2, -0.15) is 0 Å². The van der Waals surface area contributed by atoms with E-state index in [0.29, 0.717) is 41.0 Å². The number of benzene rings is 2. The zero-order valence-electron chi connectivity index (χ0n) is 18.0. The molecule has 0 unspecified atom stereocenters. The third-order valence-electron chi connectivity index (χ3n) is 4.72.